The minimum Gasteiger partial charge on any atom is -0.369 e. The number of nitrogen functional groups attached to an aromatic ring is 1. The summed E-state index contributed by atoms with van der Waals surface area (Å²) < 4.78 is 0. The smallest absolute Gasteiger partial charge is 0.148 e. The molecule has 1 saturated carbocycles. The van der Waals surface area contributed by atoms with Gasteiger partial charge in [-0.05, 0) is 25.7 Å². The van der Waals surface area contributed by atoms with Gasteiger partial charge < -0.3 is 10.7 Å². The van der Waals surface area contributed by atoms with Crippen LogP contribution in [0.1, 0.15) is 56.8 Å². The second-order valence-electron chi connectivity index (χ2n) is 5.73. The zero-order valence-electron chi connectivity index (χ0n) is 12.2. The minimum atomic E-state index is 0.291. The molecule has 1 aliphatic rings. The number of nitrogens with two attached hydrogens (primary N) is 1. The highest BCUT2D eigenvalue weighted by Crippen LogP contribution is 2.27. The van der Waals surface area contributed by atoms with Crippen molar-refractivity contribution in [2.45, 2.75) is 52.4 Å². The van der Waals surface area contributed by atoms with E-state index in [1.807, 2.05) is 6.92 Å². The van der Waals surface area contributed by atoms with E-state index in [0.29, 0.717) is 11.7 Å². The highest BCUT2D eigenvalue weighted by molar-refractivity contribution is 5.56. The van der Waals surface area contributed by atoms with Crippen LogP contribution in [0.2, 0.25) is 0 Å². The summed E-state index contributed by atoms with van der Waals surface area (Å²) in [5.41, 5.74) is 3.66. The first-order chi connectivity index (χ1) is 9.11. The normalized spacial score (nSPS) is 16.1. The zero-order valence-corrected chi connectivity index (χ0v) is 12.2. The van der Waals surface area contributed by atoms with Crippen LogP contribution < -0.4 is 16.6 Å². The molecule has 0 aliphatic heterocycles. The predicted octanol–water partition coefficient (Wildman–Crippen LogP) is 2.80. The van der Waals surface area contributed by atoms with Gasteiger partial charge in [-0.25, -0.2) is 15.8 Å². The molecule has 19 heavy (non-hydrogen) atoms. The van der Waals surface area contributed by atoms with Gasteiger partial charge in [-0.15, -0.1) is 0 Å². The third-order valence-corrected chi connectivity index (χ3v) is 3.85. The van der Waals surface area contributed by atoms with Gasteiger partial charge in [0, 0.05) is 18.0 Å². The fourth-order valence-electron chi connectivity index (χ4n) is 2.56. The third kappa shape index (κ3) is 3.35. The molecule has 0 unspecified atom stereocenters. The van der Waals surface area contributed by atoms with Gasteiger partial charge >= 0.3 is 0 Å². The fourth-order valence-corrected chi connectivity index (χ4v) is 2.56. The number of hydrazine groups is 1. The number of nitrogens with zero attached hydrogens (tertiary/aromatic N) is 2. The molecule has 0 aromatic carbocycles. The predicted molar refractivity (Wildman–Crippen MR) is 79.1 cm³/mol. The summed E-state index contributed by atoms with van der Waals surface area (Å²) in [5, 5.41) is 3.48. The van der Waals surface area contributed by atoms with E-state index in [1.54, 1.807) is 0 Å². The van der Waals surface area contributed by atoms with Crippen molar-refractivity contribution >= 4 is 11.6 Å². The Kier molecular flexibility index (Phi) is 4.58. The Balaban J connectivity index is 2.14. The lowest BCUT2D eigenvalue weighted by molar-refractivity contribution is 0.578. The lowest BCUT2D eigenvalue weighted by Crippen LogP contribution is -2.18. The molecule has 5 nitrogen and oxygen atoms in total. The number of aromatic nitrogens is 2. The quantitative estimate of drug-likeness (QED) is 0.562. The number of rotatable bonds is 5. The van der Waals surface area contributed by atoms with Gasteiger partial charge in [-0.1, -0.05) is 26.7 Å². The first-order valence-corrected chi connectivity index (χ1v) is 7.20. The summed E-state index contributed by atoms with van der Waals surface area (Å²) in [7, 11) is 0. The Morgan fingerprint density at radius 1 is 1.21 bits per heavy atom. The summed E-state index contributed by atoms with van der Waals surface area (Å²) in [6.07, 6.45) is 5.39. The van der Waals surface area contributed by atoms with Gasteiger partial charge in [0.15, 0.2) is 0 Å². The lowest BCUT2D eigenvalue weighted by Gasteiger charge is -2.17. The molecule has 0 amide bonds. The Bertz CT molecular complexity index is 424. The Morgan fingerprint density at radius 2 is 1.84 bits per heavy atom. The highest BCUT2D eigenvalue weighted by atomic mass is 15.3. The monoisotopic (exact) mass is 263 g/mol. The van der Waals surface area contributed by atoms with Crippen LogP contribution in [0.5, 0.6) is 0 Å². The summed E-state index contributed by atoms with van der Waals surface area (Å²) in [5.74, 6) is 9.07. The maximum atomic E-state index is 5.54. The molecule has 0 bridgehead atoms. The minimum absolute atomic E-state index is 0.291. The molecule has 106 valence electrons. The van der Waals surface area contributed by atoms with Gasteiger partial charge in [0.25, 0.3) is 0 Å². The molecule has 1 aromatic rings. The average molecular weight is 263 g/mol. The molecule has 4 N–H and O–H groups in total. The number of hydrogen-bond acceptors (Lipinski definition) is 5. The van der Waals surface area contributed by atoms with Gasteiger partial charge in [-0.2, -0.15) is 0 Å². The van der Waals surface area contributed by atoms with Crippen LogP contribution in [0.3, 0.4) is 0 Å². The van der Waals surface area contributed by atoms with E-state index < -0.39 is 0 Å². The van der Waals surface area contributed by atoms with Gasteiger partial charge in [0.05, 0.1) is 0 Å². The largest absolute Gasteiger partial charge is 0.369 e. The summed E-state index contributed by atoms with van der Waals surface area (Å²) in [6, 6.07) is 0. The SMILES string of the molecule is Cc1c(NN)nc(C(C)C)nc1NCC1CCCC1. The molecular formula is C14H25N5. The van der Waals surface area contributed by atoms with Crippen molar-refractivity contribution in [1.82, 2.24) is 9.97 Å². The summed E-state index contributed by atoms with van der Waals surface area (Å²) in [6.45, 7) is 7.17. The van der Waals surface area contributed by atoms with E-state index in [9.17, 15) is 0 Å². The van der Waals surface area contributed by atoms with Crippen molar-refractivity contribution in [3.8, 4) is 0 Å². The summed E-state index contributed by atoms with van der Waals surface area (Å²) in [4.78, 5) is 9.07. The molecule has 0 spiro atoms. The molecule has 1 aromatic heterocycles. The molecule has 0 atom stereocenters. The van der Waals surface area contributed by atoms with Crippen LogP contribution in [0.15, 0.2) is 0 Å². The van der Waals surface area contributed by atoms with E-state index in [4.69, 9.17) is 5.84 Å². The van der Waals surface area contributed by atoms with Gasteiger partial charge in [-0.3, -0.25) is 0 Å². The maximum absolute atomic E-state index is 5.54. The van der Waals surface area contributed by atoms with Crippen molar-refractivity contribution in [1.29, 1.82) is 0 Å². The maximum Gasteiger partial charge on any atom is 0.148 e. The number of nitrogens with one attached hydrogen (secondary N) is 2. The Hall–Kier alpha value is -1.36. The van der Waals surface area contributed by atoms with Crippen molar-refractivity contribution in [3.05, 3.63) is 11.4 Å². The van der Waals surface area contributed by atoms with Crippen LogP contribution in [0, 0.1) is 12.8 Å². The fraction of sp³-hybridized carbons (Fsp3) is 0.714. The van der Waals surface area contributed by atoms with Gasteiger partial charge in [0.1, 0.15) is 17.5 Å². The molecule has 1 fully saturated rings. The molecule has 1 aliphatic carbocycles. The topological polar surface area (TPSA) is 75.9 Å². The first-order valence-electron chi connectivity index (χ1n) is 7.20. The van der Waals surface area contributed by atoms with Gasteiger partial charge in [0.2, 0.25) is 0 Å². The van der Waals surface area contributed by atoms with Crippen LogP contribution in [-0.2, 0) is 0 Å². The van der Waals surface area contributed by atoms with Crippen molar-refractivity contribution < 1.29 is 0 Å². The summed E-state index contributed by atoms with van der Waals surface area (Å²) >= 11 is 0. The van der Waals surface area contributed by atoms with Crippen LogP contribution >= 0.6 is 0 Å². The lowest BCUT2D eigenvalue weighted by atomic mass is 10.1. The highest BCUT2D eigenvalue weighted by Gasteiger charge is 2.17. The molecule has 2 rings (SSSR count). The third-order valence-electron chi connectivity index (χ3n) is 3.85. The number of anilines is 2. The van der Waals surface area contributed by atoms with E-state index in [-0.39, 0.29) is 0 Å². The van der Waals surface area contributed by atoms with Crippen molar-refractivity contribution in [2.75, 3.05) is 17.3 Å². The van der Waals surface area contributed by atoms with Crippen molar-refractivity contribution in [3.63, 3.8) is 0 Å². The van der Waals surface area contributed by atoms with Crippen LogP contribution in [0.4, 0.5) is 11.6 Å². The zero-order chi connectivity index (χ0) is 13.8. The van der Waals surface area contributed by atoms with Crippen LogP contribution in [-0.4, -0.2) is 16.5 Å². The van der Waals surface area contributed by atoms with E-state index in [2.05, 4.69) is 34.6 Å². The van der Waals surface area contributed by atoms with Crippen molar-refractivity contribution in [2.24, 2.45) is 11.8 Å². The van der Waals surface area contributed by atoms with E-state index >= 15 is 0 Å². The van der Waals surface area contributed by atoms with E-state index in [1.165, 1.54) is 25.7 Å². The first kappa shape index (κ1) is 14.1. The second kappa shape index (κ2) is 6.19. The molecular weight excluding hydrogens is 238 g/mol. The number of hydrogen-bond donors (Lipinski definition) is 3. The Labute approximate surface area is 115 Å². The second-order valence-corrected chi connectivity index (χ2v) is 5.73. The molecule has 0 saturated heterocycles. The van der Waals surface area contributed by atoms with E-state index in [0.717, 1.165) is 29.7 Å². The Morgan fingerprint density at radius 3 is 2.42 bits per heavy atom. The molecule has 5 heteroatoms. The molecule has 1 heterocycles. The van der Waals surface area contributed by atoms with Crippen LogP contribution in [0.25, 0.3) is 0 Å². The molecule has 0 radical (unpaired) electrons. The standard InChI is InChI=1S/C14H25N5/c1-9(2)12-17-13(10(3)14(18-12)19-15)16-8-11-6-4-5-7-11/h9,11H,4-8,15H2,1-3H3,(H2,16,17,18,19). The average Bonchev–Trinajstić information content (AvgIpc) is 2.90.